The van der Waals surface area contributed by atoms with Crippen LogP contribution in [0.2, 0.25) is 0 Å². The summed E-state index contributed by atoms with van der Waals surface area (Å²) in [7, 11) is 0. The van der Waals surface area contributed by atoms with Crippen molar-refractivity contribution in [2.24, 2.45) is 0 Å². The first kappa shape index (κ1) is 22.2. The molecule has 6 rings (SSSR count). The first-order valence-corrected chi connectivity index (χ1v) is 13.5. The van der Waals surface area contributed by atoms with Gasteiger partial charge >= 0.3 is 0 Å². The number of aromatic amines is 1. The number of fused-ring (bicyclic) bond motifs is 2. The van der Waals surface area contributed by atoms with Crippen LogP contribution in [0.15, 0.2) is 12.5 Å². The molecule has 2 fully saturated rings. The maximum absolute atomic E-state index is 5.55. The van der Waals surface area contributed by atoms with Gasteiger partial charge in [0.05, 0.1) is 23.9 Å². The molecule has 0 amide bonds. The number of nitrogens with one attached hydrogen (secondary N) is 1. The molecule has 2 aliphatic rings. The lowest BCUT2D eigenvalue weighted by molar-refractivity contribution is 0.00729. The normalized spacial score (nSPS) is 22.4. The molecule has 0 unspecified atom stereocenters. The van der Waals surface area contributed by atoms with Crippen molar-refractivity contribution < 1.29 is 4.74 Å². The summed E-state index contributed by atoms with van der Waals surface area (Å²) in [6.07, 6.45) is 8.77. The van der Waals surface area contributed by atoms with Crippen molar-refractivity contribution in [3.63, 3.8) is 0 Å². The molecule has 0 radical (unpaired) electrons. The van der Waals surface area contributed by atoms with Gasteiger partial charge in [-0.15, -0.1) is 11.3 Å². The lowest BCUT2D eigenvalue weighted by Gasteiger charge is -2.38. The third kappa shape index (κ3) is 3.67. The summed E-state index contributed by atoms with van der Waals surface area (Å²) in [6, 6.07) is 0.723. The number of H-pyrrole nitrogens is 1. The van der Waals surface area contributed by atoms with E-state index in [0.717, 1.165) is 43.5 Å². The van der Waals surface area contributed by atoms with Crippen LogP contribution < -0.4 is 0 Å². The smallest absolute Gasteiger partial charge is 0.158 e. The van der Waals surface area contributed by atoms with E-state index in [9.17, 15) is 0 Å². The Kier molecular flexibility index (Phi) is 5.70. The van der Waals surface area contributed by atoms with Crippen molar-refractivity contribution in [3.05, 3.63) is 34.2 Å². The van der Waals surface area contributed by atoms with E-state index < -0.39 is 0 Å². The molecule has 0 spiro atoms. The zero-order chi connectivity index (χ0) is 23.4. The molecular weight excluding hydrogens is 444 g/mol. The Morgan fingerprint density at radius 2 is 1.85 bits per heavy atom. The Labute approximate surface area is 204 Å². The fourth-order valence-electron chi connectivity index (χ4n) is 5.94. The summed E-state index contributed by atoms with van der Waals surface area (Å²) in [4.78, 5) is 17.3. The van der Waals surface area contributed by atoms with E-state index >= 15 is 0 Å². The van der Waals surface area contributed by atoms with Crippen molar-refractivity contribution in [1.29, 1.82) is 0 Å². The molecule has 5 heterocycles. The fourth-order valence-corrected chi connectivity index (χ4v) is 7.09. The molecule has 34 heavy (non-hydrogen) atoms. The summed E-state index contributed by atoms with van der Waals surface area (Å²) in [5.74, 6) is 0.962. The number of rotatable bonds is 4. The maximum atomic E-state index is 5.55. The largest absolute Gasteiger partial charge is 0.379 e. The minimum Gasteiger partial charge on any atom is -0.379 e. The van der Waals surface area contributed by atoms with Crippen molar-refractivity contribution >= 4 is 27.3 Å². The Morgan fingerprint density at radius 1 is 1.09 bits per heavy atom. The molecule has 7 nitrogen and oxygen atoms in total. The second-order valence-corrected chi connectivity index (χ2v) is 11.3. The summed E-state index contributed by atoms with van der Waals surface area (Å²) >= 11 is 1.87. The summed E-state index contributed by atoms with van der Waals surface area (Å²) < 4.78 is 7.44. The molecule has 0 bridgehead atoms. The van der Waals surface area contributed by atoms with Crippen LogP contribution in [0, 0.1) is 13.8 Å². The molecule has 4 aromatic heterocycles. The van der Waals surface area contributed by atoms with E-state index in [1.165, 1.54) is 63.5 Å². The van der Waals surface area contributed by atoms with Gasteiger partial charge in [-0.3, -0.25) is 4.90 Å². The van der Waals surface area contributed by atoms with E-state index in [2.05, 4.69) is 53.9 Å². The molecule has 1 N–H and O–H groups in total. The van der Waals surface area contributed by atoms with Gasteiger partial charge in [-0.05, 0) is 56.6 Å². The van der Waals surface area contributed by atoms with Gasteiger partial charge in [0, 0.05) is 42.4 Å². The molecule has 1 saturated heterocycles. The Balaban J connectivity index is 1.31. The van der Waals surface area contributed by atoms with Crippen molar-refractivity contribution in [2.75, 3.05) is 26.3 Å². The van der Waals surface area contributed by atoms with Crippen LogP contribution in [0.1, 0.15) is 73.1 Å². The predicted molar refractivity (Wildman–Crippen MR) is 137 cm³/mol. The first-order valence-electron chi connectivity index (χ1n) is 12.6. The number of nitrogens with zero attached hydrogens (tertiary/aromatic N) is 5. The lowest BCUT2D eigenvalue weighted by Crippen LogP contribution is -2.44. The van der Waals surface area contributed by atoms with Crippen LogP contribution in [0.3, 0.4) is 0 Å². The third-order valence-electron chi connectivity index (χ3n) is 7.99. The quantitative estimate of drug-likeness (QED) is 0.423. The monoisotopic (exact) mass is 478 g/mol. The third-order valence-corrected chi connectivity index (χ3v) is 9.12. The average molecular weight is 479 g/mol. The molecule has 4 aromatic rings. The van der Waals surface area contributed by atoms with Gasteiger partial charge in [0.2, 0.25) is 0 Å². The van der Waals surface area contributed by atoms with Crippen LogP contribution in [-0.2, 0) is 4.74 Å². The number of aromatic nitrogens is 5. The summed E-state index contributed by atoms with van der Waals surface area (Å²) in [6.45, 7) is 12.8. The molecule has 0 atom stereocenters. The highest BCUT2D eigenvalue weighted by Gasteiger charge is 2.30. The molecule has 1 aliphatic carbocycles. The zero-order valence-electron chi connectivity index (χ0n) is 20.6. The van der Waals surface area contributed by atoms with Gasteiger partial charge in [0.15, 0.2) is 5.65 Å². The Bertz CT molecular complexity index is 1320. The van der Waals surface area contributed by atoms with Crippen molar-refractivity contribution in [1.82, 2.24) is 29.5 Å². The molecule has 180 valence electrons. The van der Waals surface area contributed by atoms with Gasteiger partial charge in [0.25, 0.3) is 0 Å². The molecule has 0 aromatic carbocycles. The van der Waals surface area contributed by atoms with E-state index in [4.69, 9.17) is 9.72 Å². The number of aryl methyl sites for hydroxylation is 1. The molecular formula is C26H34N6OS. The van der Waals surface area contributed by atoms with Crippen molar-refractivity contribution in [3.8, 4) is 11.3 Å². The number of thiazole rings is 1. The Hall–Kier alpha value is -2.29. The lowest BCUT2D eigenvalue weighted by atomic mass is 9.85. The highest BCUT2D eigenvalue weighted by Crippen LogP contribution is 2.43. The van der Waals surface area contributed by atoms with Crippen LogP contribution in [-0.4, -0.2) is 61.8 Å². The van der Waals surface area contributed by atoms with E-state index in [1.54, 1.807) is 6.33 Å². The standard InChI is InChI=1S/C26H34N6OS/c1-15(2)21-22(20-13-32-24(27-14-28-32)17(4)16(20)3)29-26-23(21)30-25(34-26)18-5-7-19(8-6-18)31-9-11-33-12-10-31/h13-15,18-19,29H,5-12H2,1-4H3. The number of pyridine rings is 1. The maximum Gasteiger partial charge on any atom is 0.158 e. The number of morpholine rings is 1. The highest BCUT2D eigenvalue weighted by atomic mass is 32.1. The topological polar surface area (TPSA) is 71.3 Å². The van der Waals surface area contributed by atoms with E-state index in [0.29, 0.717) is 11.8 Å². The number of hydrogen-bond acceptors (Lipinski definition) is 6. The summed E-state index contributed by atoms with van der Waals surface area (Å²) in [5, 5.41) is 5.72. The van der Waals surface area contributed by atoms with Crippen LogP contribution in [0.4, 0.5) is 0 Å². The van der Waals surface area contributed by atoms with Crippen LogP contribution in [0.25, 0.3) is 27.3 Å². The predicted octanol–water partition coefficient (Wildman–Crippen LogP) is 5.43. The zero-order valence-corrected chi connectivity index (χ0v) is 21.4. The van der Waals surface area contributed by atoms with Crippen molar-refractivity contribution in [2.45, 2.75) is 71.3 Å². The minimum absolute atomic E-state index is 0.377. The molecule has 8 heteroatoms. The van der Waals surface area contributed by atoms with Gasteiger partial charge in [-0.2, -0.15) is 5.10 Å². The van der Waals surface area contributed by atoms with E-state index in [-0.39, 0.29) is 0 Å². The SMILES string of the molecule is Cc1c(-c2[nH]c3sc(C4CCC(N5CCOCC5)CC4)nc3c2C(C)C)cn2ncnc2c1C. The van der Waals surface area contributed by atoms with Gasteiger partial charge in [-0.25, -0.2) is 14.5 Å². The summed E-state index contributed by atoms with van der Waals surface area (Å²) in [5.41, 5.74) is 8.21. The number of hydrogen-bond donors (Lipinski definition) is 1. The molecule has 1 saturated carbocycles. The van der Waals surface area contributed by atoms with E-state index in [1.807, 2.05) is 15.9 Å². The number of ether oxygens (including phenoxy) is 1. The minimum atomic E-state index is 0.377. The highest BCUT2D eigenvalue weighted by molar-refractivity contribution is 7.18. The second kappa shape index (κ2) is 8.73. The van der Waals surface area contributed by atoms with Crippen LogP contribution in [0.5, 0.6) is 0 Å². The Morgan fingerprint density at radius 3 is 2.59 bits per heavy atom. The van der Waals surface area contributed by atoms with Gasteiger partial charge < -0.3 is 9.72 Å². The fraction of sp³-hybridized carbons (Fsp3) is 0.577. The van der Waals surface area contributed by atoms with Gasteiger partial charge in [-0.1, -0.05) is 13.8 Å². The molecule has 1 aliphatic heterocycles. The average Bonchev–Trinajstić information content (AvgIpc) is 3.56. The first-order chi connectivity index (χ1) is 16.5. The van der Waals surface area contributed by atoms with Crippen LogP contribution >= 0.6 is 11.3 Å². The second-order valence-electron chi connectivity index (χ2n) is 10.3. The van der Waals surface area contributed by atoms with Gasteiger partial charge in [0.1, 0.15) is 16.7 Å².